The van der Waals surface area contributed by atoms with E-state index in [1.165, 1.54) is 13.8 Å². The number of nitrogens with zero attached hydrogens (tertiary/aromatic N) is 1. The number of hydrogen-bond donors (Lipinski definition) is 0. The van der Waals surface area contributed by atoms with Crippen LogP contribution in [0.25, 0.3) is 0 Å². The first-order chi connectivity index (χ1) is 17.4. The van der Waals surface area contributed by atoms with Gasteiger partial charge in [-0.1, -0.05) is 0 Å². The number of hydroxylamine groups is 2. The molecule has 0 N–H and O–H groups in total. The van der Waals surface area contributed by atoms with Crippen molar-refractivity contribution in [1.82, 2.24) is 5.06 Å². The highest BCUT2D eigenvalue weighted by atomic mass is 16.8. The maximum Gasteiger partial charge on any atom is 0.303 e. The molecule has 2 heterocycles. The fraction of sp³-hybridized carbons (Fsp3) is 0.800. The van der Waals surface area contributed by atoms with Crippen LogP contribution in [0.3, 0.4) is 0 Å². The summed E-state index contributed by atoms with van der Waals surface area (Å²) in [5.74, 6) is -3.20. The molecule has 0 spiro atoms. The number of esters is 5. The summed E-state index contributed by atoms with van der Waals surface area (Å²) >= 11 is 0. The van der Waals surface area contributed by atoms with Crippen LogP contribution in [-0.2, 0) is 57.2 Å². The van der Waals surface area contributed by atoms with E-state index >= 15 is 0 Å². The molecule has 0 aliphatic carbocycles. The summed E-state index contributed by atoms with van der Waals surface area (Å²) in [6, 6.07) is 0. The Kier molecular flexibility index (Phi) is 10.3. The molecule has 216 valence electrons. The molecule has 0 aromatic carbocycles. The van der Waals surface area contributed by atoms with Gasteiger partial charge in [-0.25, -0.2) is 0 Å². The summed E-state index contributed by atoms with van der Waals surface area (Å²) in [6.45, 7) is 13.2. The number of rotatable bonds is 8. The molecule has 0 bridgehead atoms. The third-order valence-electron chi connectivity index (χ3n) is 6.04. The molecule has 0 unspecified atom stereocenters. The third kappa shape index (κ3) is 8.37. The minimum atomic E-state index is -1.36. The first kappa shape index (κ1) is 31.4. The van der Waals surface area contributed by atoms with Gasteiger partial charge in [-0.3, -0.25) is 28.8 Å². The summed E-state index contributed by atoms with van der Waals surface area (Å²) in [5, 5.41) is 1.67. The van der Waals surface area contributed by atoms with Gasteiger partial charge in [0.05, 0.1) is 0 Å². The van der Waals surface area contributed by atoms with Crippen molar-refractivity contribution >= 4 is 29.8 Å². The number of carbonyl (C=O) groups is 5. The van der Waals surface area contributed by atoms with Crippen molar-refractivity contribution in [1.29, 1.82) is 0 Å². The maximum atomic E-state index is 12.1. The van der Waals surface area contributed by atoms with E-state index in [9.17, 15) is 24.0 Å². The van der Waals surface area contributed by atoms with Crippen LogP contribution in [0.2, 0.25) is 0 Å². The van der Waals surface area contributed by atoms with Crippen LogP contribution in [0, 0.1) is 0 Å². The Morgan fingerprint density at radius 1 is 0.684 bits per heavy atom. The van der Waals surface area contributed by atoms with E-state index in [2.05, 4.69) is 0 Å². The summed E-state index contributed by atoms with van der Waals surface area (Å²) in [5.41, 5.74) is -1.41. The van der Waals surface area contributed by atoms with Crippen molar-refractivity contribution in [2.45, 2.75) is 123 Å². The molecule has 13 nitrogen and oxygen atoms in total. The van der Waals surface area contributed by atoms with Crippen LogP contribution in [0.5, 0.6) is 0 Å². The summed E-state index contributed by atoms with van der Waals surface area (Å²) in [7, 11) is 0. The molecule has 2 aliphatic heterocycles. The first-order valence-electron chi connectivity index (χ1n) is 12.4. The van der Waals surface area contributed by atoms with Crippen molar-refractivity contribution in [3.05, 3.63) is 0 Å². The van der Waals surface area contributed by atoms with Crippen LogP contribution < -0.4 is 0 Å². The zero-order chi connectivity index (χ0) is 29.0. The van der Waals surface area contributed by atoms with Gasteiger partial charge in [-0.2, -0.15) is 5.06 Å². The smallest absolute Gasteiger partial charge is 0.303 e. The predicted octanol–water partition coefficient (Wildman–Crippen LogP) is 1.59. The summed E-state index contributed by atoms with van der Waals surface area (Å²) < 4.78 is 33.0. The van der Waals surface area contributed by atoms with Crippen LogP contribution in [0.15, 0.2) is 0 Å². The number of piperidine rings is 1. The number of hydrogen-bond acceptors (Lipinski definition) is 13. The van der Waals surface area contributed by atoms with Gasteiger partial charge in [0.2, 0.25) is 6.29 Å². The molecular weight excluding hydrogens is 506 g/mol. The normalized spacial score (nSPS) is 29.0. The van der Waals surface area contributed by atoms with Crippen molar-refractivity contribution < 1.29 is 57.2 Å². The van der Waals surface area contributed by atoms with Crippen molar-refractivity contribution in [2.75, 3.05) is 6.61 Å². The van der Waals surface area contributed by atoms with Crippen molar-refractivity contribution in [3.8, 4) is 0 Å². The van der Waals surface area contributed by atoms with E-state index < -0.39 is 71.6 Å². The van der Waals surface area contributed by atoms with E-state index in [-0.39, 0.29) is 12.7 Å². The Balaban J connectivity index is 2.50. The molecule has 38 heavy (non-hydrogen) atoms. The minimum Gasteiger partial charge on any atom is -0.463 e. The molecule has 0 radical (unpaired) electrons. The van der Waals surface area contributed by atoms with Gasteiger partial charge in [0.15, 0.2) is 18.3 Å². The molecule has 0 aromatic rings. The second kappa shape index (κ2) is 12.4. The molecule has 0 saturated carbocycles. The second-order valence-electron chi connectivity index (χ2n) is 10.7. The quantitative estimate of drug-likeness (QED) is 0.321. The average Bonchev–Trinajstić information content (AvgIpc) is 2.70. The Hall–Kier alpha value is -2.77. The number of carbonyl (C=O) groups excluding carboxylic acids is 5. The lowest BCUT2D eigenvalue weighted by Gasteiger charge is -2.55. The molecule has 2 fully saturated rings. The summed E-state index contributed by atoms with van der Waals surface area (Å²) in [4.78, 5) is 65.6. The standard InChI is InChI=1S/C25H39NO12/c1-13(27)32-12-19-20(34-15(3)29)21(35-16(4)30)22(36-17(5)31)23(37-19)38-26-24(6,7)10-18(33-14(2)28)11-25(26,8)9/h18-23H,10-12H2,1-9H3/t19-,20+,21+,22-,23+/m1/s1. The van der Waals surface area contributed by atoms with Gasteiger partial charge in [-0.15, -0.1) is 0 Å². The first-order valence-corrected chi connectivity index (χ1v) is 12.4. The molecule has 2 saturated heterocycles. The zero-order valence-electron chi connectivity index (χ0n) is 23.4. The van der Waals surface area contributed by atoms with E-state index in [0.29, 0.717) is 12.8 Å². The highest BCUT2D eigenvalue weighted by Crippen LogP contribution is 2.42. The lowest BCUT2D eigenvalue weighted by Crippen LogP contribution is -2.68. The van der Waals surface area contributed by atoms with Crippen LogP contribution in [0.1, 0.15) is 75.2 Å². The van der Waals surface area contributed by atoms with Gasteiger partial charge in [0.25, 0.3) is 0 Å². The molecule has 5 atom stereocenters. The minimum absolute atomic E-state index is 0.362. The molecule has 2 rings (SSSR count). The second-order valence-corrected chi connectivity index (χ2v) is 10.7. The highest BCUT2D eigenvalue weighted by Gasteiger charge is 2.56. The molecule has 13 heteroatoms. The largest absolute Gasteiger partial charge is 0.463 e. The molecule has 0 aromatic heterocycles. The van der Waals surface area contributed by atoms with Gasteiger partial charge in [-0.05, 0) is 27.7 Å². The van der Waals surface area contributed by atoms with Crippen molar-refractivity contribution in [2.24, 2.45) is 0 Å². The Morgan fingerprint density at radius 2 is 1.13 bits per heavy atom. The molecule has 2 aliphatic rings. The average molecular weight is 546 g/mol. The molecule has 0 amide bonds. The SMILES string of the molecule is CC(=O)OC[C@H]1O[C@@H](ON2C(C)(C)CC(OC(C)=O)CC2(C)C)[C@H](OC(C)=O)[C@@H](OC(C)=O)[C@H]1OC(C)=O. The fourth-order valence-corrected chi connectivity index (χ4v) is 5.15. The Morgan fingerprint density at radius 3 is 1.58 bits per heavy atom. The van der Waals surface area contributed by atoms with E-state index in [0.717, 1.165) is 20.8 Å². The van der Waals surface area contributed by atoms with Gasteiger partial charge >= 0.3 is 29.8 Å². The maximum absolute atomic E-state index is 12.1. The lowest BCUT2D eigenvalue weighted by atomic mass is 9.80. The monoisotopic (exact) mass is 545 g/mol. The highest BCUT2D eigenvalue weighted by molar-refractivity contribution is 5.69. The van der Waals surface area contributed by atoms with Crippen molar-refractivity contribution in [3.63, 3.8) is 0 Å². The van der Waals surface area contributed by atoms with Crippen LogP contribution in [0.4, 0.5) is 0 Å². The predicted molar refractivity (Wildman–Crippen MR) is 128 cm³/mol. The van der Waals surface area contributed by atoms with E-state index in [4.69, 9.17) is 33.3 Å². The third-order valence-corrected chi connectivity index (χ3v) is 6.04. The van der Waals surface area contributed by atoms with E-state index in [1.807, 2.05) is 27.7 Å². The van der Waals surface area contributed by atoms with Crippen LogP contribution in [-0.4, -0.2) is 89.4 Å². The lowest BCUT2D eigenvalue weighted by molar-refractivity contribution is -0.405. The van der Waals surface area contributed by atoms with Gasteiger partial charge in [0.1, 0.15) is 18.8 Å². The fourth-order valence-electron chi connectivity index (χ4n) is 5.15. The van der Waals surface area contributed by atoms with Crippen LogP contribution >= 0.6 is 0 Å². The van der Waals surface area contributed by atoms with Gasteiger partial charge < -0.3 is 28.4 Å². The topological polar surface area (TPSA) is 153 Å². The van der Waals surface area contributed by atoms with Gasteiger partial charge in [0, 0.05) is 58.5 Å². The zero-order valence-corrected chi connectivity index (χ0v) is 23.4. The Bertz CT molecular complexity index is 898. The summed E-state index contributed by atoms with van der Waals surface area (Å²) in [6.07, 6.45) is -6.00. The Labute approximate surface area is 222 Å². The molecular formula is C25H39NO12. The number of ether oxygens (including phenoxy) is 6. The van der Waals surface area contributed by atoms with E-state index in [1.54, 1.807) is 5.06 Å².